The number of β-amino-alcohol motifs (C(OH)–C–C–N with tert-alkyl or cyclic N) is 1. The van der Waals surface area contributed by atoms with Crippen molar-refractivity contribution < 1.29 is 14.7 Å². The summed E-state index contributed by atoms with van der Waals surface area (Å²) in [5.41, 5.74) is 2.07. The molecule has 0 aromatic carbocycles. The fourth-order valence-corrected chi connectivity index (χ4v) is 4.39. The van der Waals surface area contributed by atoms with Crippen molar-refractivity contribution in [3.05, 3.63) is 35.7 Å². The lowest BCUT2D eigenvalue weighted by atomic mass is 9.85. The van der Waals surface area contributed by atoms with Crippen LogP contribution in [-0.4, -0.2) is 72.0 Å². The number of carbonyl (C=O) groups excluding carboxylic acids is 2. The third-order valence-electron chi connectivity index (χ3n) is 6.19. The highest BCUT2D eigenvalue weighted by Crippen LogP contribution is 2.40. The van der Waals surface area contributed by atoms with Crippen LogP contribution in [0.15, 0.2) is 18.6 Å². The molecule has 2 aliphatic rings. The van der Waals surface area contributed by atoms with Gasteiger partial charge in [-0.3, -0.25) is 19.6 Å². The fourth-order valence-electron chi connectivity index (χ4n) is 4.39. The number of nitrogens with zero attached hydrogens (tertiary/aromatic N) is 6. The molecule has 3 heterocycles. The first-order valence-electron chi connectivity index (χ1n) is 11.6. The van der Waals surface area contributed by atoms with Gasteiger partial charge in [-0.05, 0) is 25.2 Å². The van der Waals surface area contributed by atoms with E-state index in [2.05, 4.69) is 25.6 Å². The van der Waals surface area contributed by atoms with Crippen LogP contribution in [0, 0.1) is 12.3 Å². The summed E-state index contributed by atoms with van der Waals surface area (Å²) in [5, 5.41) is 21.7. The van der Waals surface area contributed by atoms with Crippen molar-refractivity contribution in [2.24, 2.45) is 5.41 Å². The number of carbonyl (C=O) groups is 2. The Balaban J connectivity index is 1.46. The summed E-state index contributed by atoms with van der Waals surface area (Å²) in [6.45, 7) is 8.28. The van der Waals surface area contributed by atoms with Gasteiger partial charge in [-0.2, -0.15) is 0 Å². The van der Waals surface area contributed by atoms with Gasteiger partial charge in [0.2, 0.25) is 11.8 Å². The molecule has 4 rings (SSSR count). The van der Waals surface area contributed by atoms with Crippen molar-refractivity contribution in [2.75, 3.05) is 13.1 Å². The van der Waals surface area contributed by atoms with Crippen LogP contribution in [0.2, 0.25) is 0 Å². The highest BCUT2D eigenvalue weighted by molar-refractivity contribution is 5.90. The minimum atomic E-state index is -0.745. The zero-order valence-corrected chi connectivity index (χ0v) is 19.7. The Morgan fingerprint density at radius 1 is 1.27 bits per heavy atom. The highest BCUT2D eigenvalue weighted by Gasteiger charge is 2.45. The third kappa shape index (κ3) is 5.38. The maximum atomic E-state index is 13.7. The molecule has 2 amide bonds. The molecule has 1 aliphatic heterocycles. The maximum Gasteiger partial charge on any atom is 0.248 e. The van der Waals surface area contributed by atoms with E-state index < -0.39 is 23.6 Å². The number of hydrogen-bond donors (Lipinski definition) is 2. The van der Waals surface area contributed by atoms with Gasteiger partial charge in [0.1, 0.15) is 12.1 Å². The zero-order chi connectivity index (χ0) is 23.8. The summed E-state index contributed by atoms with van der Waals surface area (Å²) < 4.78 is 1.63. The standard InChI is InChI=1S/C23H33N7O3/c1-14-10-24-11-16(26-14)7-8-25-21(32)19-9-17(31)12-29(19)22(33)20(23(2,3)4)30-13-18(27-28-30)15-5-6-15/h10-11,13,15,17,19-20,31H,5-9,12H2,1-4H3,(H,25,32)/t17?,19?,20-/m1/s1. The summed E-state index contributed by atoms with van der Waals surface area (Å²) in [6, 6.07) is -1.35. The Kier molecular flexibility index (Phi) is 6.47. The Bertz CT molecular complexity index is 1010. The lowest BCUT2D eigenvalue weighted by molar-refractivity contribution is -0.144. The van der Waals surface area contributed by atoms with Crippen LogP contribution in [0.3, 0.4) is 0 Å². The van der Waals surface area contributed by atoms with Gasteiger partial charge in [0, 0.05) is 50.4 Å². The number of amides is 2. The molecular weight excluding hydrogens is 422 g/mol. The van der Waals surface area contributed by atoms with E-state index in [1.165, 1.54) is 4.90 Å². The van der Waals surface area contributed by atoms with Crippen LogP contribution >= 0.6 is 0 Å². The molecule has 10 heteroatoms. The van der Waals surface area contributed by atoms with E-state index in [1.54, 1.807) is 17.1 Å². The number of rotatable bonds is 7. The molecule has 33 heavy (non-hydrogen) atoms. The molecule has 2 N–H and O–H groups in total. The minimum absolute atomic E-state index is 0.122. The molecule has 1 aliphatic carbocycles. The molecule has 2 unspecified atom stereocenters. The predicted octanol–water partition coefficient (Wildman–Crippen LogP) is 1.16. The van der Waals surface area contributed by atoms with E-state index in [0.29, 0.717) is 18.9 Å². The van der Waals surface area contributed by atoms with Gasteiger partial charge < -0.3 is 15.3 Å². The van der Waals surface area contributed by atoms with E-state index in [0.717, 1.165) is 29.9 Å². The Labute approximate surface area is 193 Å². The average Bonchev–Trinajstić information content (AvgIpc) is 3.34. The van der Waals surface area contributed by atoms with Crippen molar-refractivity contribution in [2.45, 2.75) is 77.5 Å². The number of aryl methyl sites for hydroxylation is 1. The molecule has 0 bridgehead atoms. The molecular formula is C23H33N7O3. The van der Waals surface area contributed by atoms with Crippen molar-refractivity contribution in [1.82, 2.24) is 35.2 Å². The average molecular weight is 456 g/mol. The monoisotopic (exact) mass is 455 g/mol. The highest BCUT2D eigenvalue weighted by atomic mass is 16.3. The second-order valence-corrected chi connectivity index (χ2v) is 10.3. The molecule has 0 radical (unpaired) electrons. The summed E-state index contributed by atoms with van der Waals surface area (Å²) in [4.78, 5) is 36.7. The summed E-state index contributed by atoms with van der Waals surface area (Å²) in [6.07, 6.45) is 7.42. The number of nitrogens with one attached hydrogen (secondary N) is 1. The normalized spacial score (nSPS) is 21.8. The van der Waals surface area contributed by atoms with Crippen LogP contribution in [0.25, 0.3) is 0 Å². The molecule has 0 spiro atoms. The first-order valence-corrected chi connectivity index (χ1v) is 11.6. The Morgan fingerprint density at radius 2 is 2.03 bits per heavy atom. The lowest BCUT2D eigenvalue weighted by Crippen LogP contribution is -2.50. The van der Waals surface area contributed by atoms with Crippen molar-refractivity contribution >= 4 is 11.8 Å². The Hall–Kier alpha value is -2.88. The van der Waals surface area contributed by atoms with Crippen LogP contribution in [-0.2, 0) is 16.0 Å². The van der Waals surface area contributed by atoms with E-state index in [1.807, 2.05) is 33.9 Å². The minimum Gasteiger partial charge on any atom is -0.391 e. The largest absolute Gasteiger partial charge is 0.391 e. The van der Waals surface area contributed by atoms with Crippen molar-refractivity contribution in [3.8, 4) is 0 Å². The first kappa shape index (κ1) is 23.3. The predicted molar refractivity (Wildman–Crippen MR) is 120 cm³/mol. The summed E-state index contributed by atoms with van der Waals surface area (Å²) in [7, 11) is 0. The van der Waals surface area contributed by atoms with Gasteiger partial charge in [-0.1, -0.05) is 26.0 Å². The van der Waals surface area contributed by atoms with E-state index in [-0.39, 0.29) is 24.8 Å². The van der Waals surface area contributed by atoms with Gasteiger partial charge in [0.05, 0.1) is 23.2 Å². The second-order valence-electron chi connectivity index (χ2n) is 10.3. The Morgan fingerprint density at radius 3 is 2.70 bits per heavy atom. The quantitative estimate of drug-likeness (QED) is 0.642. The lowest BCUT2D eigenvalue weighted by Gasteiger charge is -2.34. The smallest absolute Gasteiger partial charge is 0.248 e. The maximum absolute atomic E-state index is 13.7. The molecule has 1 saturated carbocycles. The molecule has 2 fully saturated rings. The van der Waals surface area contributed by atoms with Gasteiger partial charge in [0.15, 0.2) is 0 Å². The fraction of sp³-hybridized carbons (Fsp3) is 0.652. The first-order chi connectivity index (χ1) is 15.6. The van der Waals surface area contributed by atoms with Gasteiger partial charge >= 0.3 is 0 Å². The number of aliphatic hydroxyl groups excluding tert-OH is 1. The van der Waals surface area contributed by atoms with Crippen LogP contribution < -0.4 is 5.32 Å². The number of likely N-dealkylation sites (tertiary alicyclic amines) is 1. The molecule has 1 saturated heterocycles. The number of aliphatic hydroxyl groups is 1. The van der Waals surface area contributed by atoms with E-state index >= 15 is 0 Å². The SMILES string of the molecule is Cc1cncc(CCNC(=O)C2CC(O)CN2C(=O)[C@@H](n2cc(C3CC3)nn2)C(C)(C)C)n1. The topological polar surface area (TPSA) is 126 Å². The van der Waals surface area contributed by atoms with Gasteiger partial charge in [-0.15, -0.1) is 5.10 Å². The second kappa shape index (κ2) is 9.17. The molecule has 3 atom stereocenters. The van der Waals surface area contributed by atoms with Gasteiger partial charge in [0.25, 0.3) is 0 Å². The van der Waals surface area contributed by atoms with Crippen molar-refractivity contribution in [1.29, 1.82) is 0 Å². The molecule has 2 aromatic heterocycles. The third-order valence-corrected chi connectivity index (χ3v) is 6.19. The van der Waals surface area contributed by atoms with Crippen LogP contribution in [0.1, 0.15) is 69.1 Å². The van der Waals surface area contributed by atoms with E-state index in [9.17, 15) is 14.7 Å². The van der Waals surface area contributed by atoms with Crippen molar-refractivity contribution in [3.63, 3.8) is 0 Å². The van der Waals surface area contributed by atoms with Crippen LogP contribution in [0.5, 0.6) is 0 Å². The molecule has 178 valence electrons. The number of aromatic nitrogens is 5. The van der Waals surface area contributed by atoms with E-state index in [4.69, 9.17) is 0 Å². The summed E-state index contributed by atoms with van der Waals surface area (Å²) in [5.74, 6) is -0.0684. The molecule has 2 aromatic rings. The molecule has 10 nitrogen and oxygen atoms in total. The van der Waals surface area contributed by atoms with Crippen LogP contribution in [0.4, 0.5) is 0 Å². The summed E-state index contributed by atoms with van der Waals surface area (Å²) >= 11 is 0. The zero-order valence-electron chi connectivity index (χ0n) is 19.7. The van der Waals surface area contributed by atoms with Gasteiger partial charge in [-0.25, -0.2) is 4.68 Å². The number of hydrogen-bond acceptors (Lipinski definition) is 7.